The summed E-state index contributed by atoms with van der Waals surface area (Å²) in [4.78, 5) is 60.6. The lowest BCUT2D eigenvalue weighted by Crippen LogP contribution is -2.57. The van der Waals surface area contributed by atoms with Crippen molar-refractivity contribution in [1.29, 1.82) is 0 Å². The van der Waals surface area contributed by atoms with Gasteiger partial charge in [0.25, 0.3) is 11.8 Å². The van der Waals surface area contributed by atoms with Gasteiger partial charge in [-0.25, -0.2) is 0 Å². The molecule has 3 amide bonds. The molecule has 2 aromatic carbocycles. The van der Waals surface area contributed by atoms with E-state index < -0.39 is 18.0 Å². The summed E-state index contributed by atoms with van der Waals surface area (Å²) in [5.74, 6) is -1.20. The molecule has 0 unspecified atom stereocenters. The second-order valence-electron chi connectivity index (χ2n) is 11.7. The normalized spacial score (nSPS) is 16.8. The van der Waals surface area contributed by atoms with Crippen LogP contribution in [0.15, 0.2) is 73.1 Å². The summed E-state index contributed by atoms with van der Waals surface area (Å²) in [5, 5.41) is 12.6. The molecule has 0 bridgehead atoms. The average molecular weight is 571 g/mol. The molecule has 0 saturated carbocycles. The first-order chi connectivity index (χ1) is 19.9. The summed E-state index contributed by atoms with van der Waals surface area (Å²) in [7, 11) is 0. The molecule has 2 atom stereocenters. The van der Waals surface area contributed by atoms with Crippen molar-refractivity contribution in [3.8, 4) is 5.75 Å². The topological polar surface area (TPSA) is 120 Å². The average Bonchev–Trinajstić information content (AvgIpc) is 2.97. The predicted molar refractivity (Wildman–Crippen MR) is 159 cm³/mol. The summed E-state index contributed by atoms with van der Waals surface area (Å²) >= 11 is 0. The summed E-state index contributed by atoms with van der Waals surface area (Å²) < 4.78 is 0. The van der Waals surface area contributed by atoms with Gasteiger partial charge in [-0.05, 0) is 66.3 Å². The number of carbonyl (C=O) groups is 4. The SMILES string of the molecule is C[C@H]1C(=O)CN(C(=O)c2ccncc2)CCCN1C(=O)[C@H](Cc1ccc(O)cc1)NC(=O)c1ccc(C(C)(C)C)cc1. The van der Waals surface area contributed by atoms with Crippen LogP contribution in [-0.2, 0) is 21.4 Å². The van der Waals surface area contributed by atoms with Gasteiger partial charge in [-0.1, -0.05) is 45.0 Å². The number of aromatic hydroxyl groups is 1. The lowest BCUT2D eigenvalue weighted by molar-refractivity contribution is -0.141. The van der Waals surface area contributed by atoms with Crippen LogP contribution < -0.4 is 5.32 Å². The Morgan fingerprint density at radius 3 is 2.21 bits per heavy atom. The molecule has 0 spiro atoms. The zero-order chi connectivity index (χ0) is 30.4. The highest BCUT2D eigenvalue weighted by Gasteiger charge is 2.35. The van der Waals surface area contributed by atoms with Crippen LogP contribution in [0.3, 0.4) is 0 Å². The van der Waals surface area contributed by atoms with Crippen LogP contribution in [0.25, 0.3) is 0 Å². The fraction of sp³-hybridized carbons (Fsp3) is 0.364. The number of Topliss-reactive ketones (excluding diaryl/α,β-unsaturated/α-hetero) is 1. The van der Waals surface area contributed by atoms with Gasteiger partial charge in [-0.2, -0.15) is 0 Å². The highest BCUT2D eigenvalue weighted by molar-refractivity contribution is 6.00. The van der Waals surface area contributed by atoms with E-state index in [-0.39, 0.29) is 48.3 Å². The quantitative estimate of drug-likeness (QED) is 0.466. The minimum Gasteiger partial charge on any atom is -0.508 e. The van der Waals surface area contributed by atoms with Crippen molar-refractivity contribution in [3.05, 3.63) is 95.3 Å². The van der Waals surface area contributed by atoms with Gasteiger partial charge < -0.3 is 20.2 Å². The molecule has 9 nitrogen and oxygen atoms in total. The molecular weight excluding hydrogens is 532 g/mol. The molecular formula is C33H38N4O5. The Bertz CT molecular complexity index is 1420. The van der Waals surface area contributed by atoms with Crippen molar-refractivity contribution in [3.63, 3.8) is 0 Å². The summed E-state index contributed by atoms with van der Waals surface area (Å²) in [5.41, 5.74) is 2.63. The fourth-order valence-corrected chi connectivity index (χ4v) is 4.98. The van der Waals surface area contributed by atoms with Gasteiger partial charge in [0.1, 0.15) is 11.8 Å². The van der Waals surface area contributed by atoms with Gasteiger partial charge in [0.05, 0.1) is 12.6 Å². The van der Waals surface area contributed by atoms with Crippen molar-refractivity contribution in [2.75, 3.05) is 19.6 Å². The number of phenols is 1. The second kappa shape index (κ2) is 13.0. The number of carbonyl (C=O) groups excluding carboxylic acids is 4. The van der Waals surface area contributed by atoms with Crippen LogP contribution in [0.4, 0.5) is 0 Å². The van der Waals surface area contributed by atoms with Crippen LogP contribution >= 0.6 is 0 Å². The molecule has 42 heavy (non-hydrogen) atoms. The molecule has 0 radical (unpaired) electrons. The van der Waals surface area contributed by atoms with E-state index in [1.807, 2.05) is 12.1 Å². The number of hydrogen-bond donors (Lipinski definition) is 2. The van der Waals surface area contributed by atoms with Crippen LogP contribution in [0.5, 0.6) is 5.75 Å². The van der Waals surface area contributed by atoms with Crippen LogP contribution in [-0.4, -0.2) is 75.1 Å². The van der Waals surface area contributed by atoms with Gasteiger partial charge in [0, 0.05) is 43.0 Å². The Morgan fingerprint density at radius 1 is 0.952 bits per heavy atom. The highest BCUT2D eigenvalue weighted by Crippen LogP contribution is 2.22. The molecule has 2 heterocycles. The van der Waals surface area contributed by atoms with Crippen molar-refractivity contribution < 1.29 is 24.3 Å². The molecule has 1 aromatic heterocycles. The fourth-order valence-electron chi connectivity index (χ4n) is 4.98. The summed E-state index contributed by atoms with van der Waals surface area (Å²) in [6, 6.07) is 15.2. The van der Waals surface area contributed by atoms with Crippen molar-refractivity contribution >= 4 is 23.5 Å². The Labute approximate surface area is 246 Å². The lowest BCUT2D eigenvalue weighted by atomic mass is 9.86. The van der Waals surface area contributed by atoms with Crippen LogP contribution in [0.2, 0.25) is 0 Å². The minimum atomic E-state index is -0.950. The molecule has 2 N–H and O–H groups in total. The largest absolute Gasteiger partial charge is 0.508 e. The molecule has 220 valence electrons. The molecule has 4 rings (SSSR count). The Hall–Kier alpha value is -4.53. The zero-order valence-corrected chi connectivity index (χ0v) is 24.5. The van der Waals surface area contributed by atoms with Gasteiger partial charge >= 0.3 is 0 Å². The third-order valence-corrected chi connectivity index (χ3v) is 7.60. The van der Waals surface area contributed by atoms with Crippen molar-refractivity contribution in [2.45, 2.75) is 58.0 Å². The third kappa shape index (κ3) is 7.40. The Morgan fingerprint density at radius 2 is 1.60 bits per heavy atom. The van der Waals surface area contributed by atoms with Crippen LogP contribution in [0, 0.1) is 0 Å². The Kier molecular flexibility index (Phi) is 9.40. The van der Waals surface area contributed by atoms with Gasteiger partial charge in [-0.15, -0.1) is 0 Å². The maximum absolute atomic E-state index is 14.0. The number of ketones is 1. The molecule has 3 aromatic rings. The van der Waals surface area contributed by atoms with Crippen molar-refractivity contribution in [2.24, 2.45) is 0 Å². The molecule has 0 aliphatic carbocycles. The first-order valence-corrected chi connectivity index (χ1v) is 14.2. The van der Waals surface area contributed by atoms with Crippen molar-refractivity contribution in [1.82, 2.24) is 20.1 Å². The molecule has 1 saturated heterocycles. The number of hydrogen-bond acceptors (Lipinski definition) is 6. The standard InChI is InChI=1S/C33H38N4O5/c1-22-29(39)21-36(31(41)25-14-16-34-17-15-25)18-5-19-37(22)32(42)28(20-23-6-12-27(38)13-7-23)35-30(40)24-8-10-26(11-9-24)33(2,3)4/h6-17,22,28,38H,5,18-21H2,1-4H3,(H,35,40)/t22-,28-/m0/s1. The maximum atomic E-state index is 14.0. The van der Waals surface area contributed by atoms with Gasteiger partial charge in [-0.3, -0.25) is 24.2 Å². The van der Waals surface area contributed by atoms with E-state index in [0.29, 0.717) is 24.1 Å². The number of rotatable bonds is 6. The first kappa shape index (κ1) is 30.4. The van der Waals surface area contributed by atoms with E-state index in [1.165, 1.54) is 34.3 Å². The predicted octanol–water partition coefficient (Wildman–Crippen LogP) is 3.76. The van der Waals surface area contributed by atoms with Crippen LogP contribution in [0.1, 0.15) is 66.0 Å². The summed E-state index contributed by atoms with van der Waals surface area (Å²) in [6.07, 6.45) is 3.70. The van der Waals surface area contributed by atoms with E-state index in [2.05, 4.69) is 31.1 Å². The monoisotopic (exact) mass is 570 g/mol. The van der Waals surface area contributed by atoms with Gasteiger partial charge in [0.2, 0.25) is 5.91 Å². The van der Waals surface area contributed by atoms with Gasteiger partial charge in [0.15, 0.2) is 5.78 Å². The number of nitrogens with zero attached hydrogens (tertiary/aromatic N) is 3. The van der Waals surface area contributed by atoms with E-state index in [4.69, 9.17) is 0 Å². The second-order valence-corrected chi connectivity index (χ2v) is 11.7. The molecule has 1 fully saturated rings. The van der Waals surface area contributed by atoms with E-state index in [0.717, 1.165) is 11.1 Å². The number of benzene rings is 2. The number of amides is 3. The number of pyridine rings is 1. The lowest BCUT2D eigenvalue weighted by Gasteiger charge is -2.36. The number of aromatic nitrogens is 1. The molecule has 1 aliphatic rings. The number of nitrogens with one attached hydrogen (secondary N) is 1. The first-order valence-electron chi connectivity index (χ1n) is 14.2. The number of phenolic OH excluding ortho intramolecular Hbond substituents is 1. The van der Waals surface area contributed by atoms with E-state index >= 15 is 0 Å². The zero-order valence-electron chi connectivity index (χ0n) is 24.5. The van der Waals surface area contributed by atoms with E-state index in [1.54, 1.807) is 43.3 Å². The highest BCUT2D eigenvalue weighted by atomic mass is 16.3. The Balaban J connectivity index is 1.53. The van der Waals surface area contributed by atoms with E-state index in [9.17, 15) is 24.3 Å². The smallest absolute Gasteiger partial charge is 0.254 e. The third-order valence-electron chi connectivity index (χ3n) is 7.60. The molecule has 1 aliphatic heterocycles. The molecule has 9 heteroatoms. The summed E-state index contributed by atoms with van der Waals surface area (Å²) in [6.45, 7) is 8.36. The minimum absolute atomic E-state index is 0.0704. The maximum Gasteiger partial charge on any atom is 0.254 e.